The molecule has 1 aliphatic heterocycles. The van der Waals surface area contributed by atoms with Crippen LogP contribution in [0.5, 0.6) is 0 Å². The maximum atomic E-state index is 9.09. The van der Waals surface area contributed by atoms with Crippen molar-refractivity contribution in [3.05, 3.63) is 28.8 Å². The number of piperazine rings is 1. The minimum atomic E-state index is 0.388. The third-order valence-electron chi connectivity index (χ3n) is 2.89. The third-order valence-corrected chi connectivity index (χ3v) is 3.13. The van der Waals surface area contributed by atoms with Crippen molar-refractivity contribution in [1.29, 1.82) is 5.26 Å². The van der Waals surface area contributed by atoms with E-state index >= 15 is 0 Å². The van der Waals surface area contributed by atoms with Gasteiger partial charge in [0, 0.05) is 30.7 Å². The Hall–Kier alpha value is -1.24. The number of anilines is 1. The van der Waals surface area contributed by atoms with Crippen LogP contribution >= 0.6 is 11.6 Å². The molecule has 0 radical (unpaired) electrons. The molecule has 1 aliphatic rings. The van der Waals surface area contributed by atoms with Gasteiger partial charge in [0.25, 0.3) is 0 Å². The minimum Gasteiger partial charge on any atom is -0.365 e. The fourth-order valence-electron chi connectivity index (χ4n) is 2.04. The van der Waals surface area contributed by atoms with E-state index in [0.29, 0.717) is 16.6 Å². The molecule has 1 N–H and O–H groups in total. The van der Waals surface area contributed by atoms with Crippen molar-refractivity contribution >= 4 is 17.3 Å². The molecule has 1 atom stereocenters. The van der Waals surface area contributed by atoms with E-state index in [1.54, 1.807) is 12.1 Å². The Kier molecular flexibility index (Phi) is 3.33. The lowest BCUT2D eigenvalue weighted by molar-refractivity contribution is 0.500. The maximum Gasteiger partial charge on any atom is 0.101 e. The zero-order chi connectivity index (χ0) is 11.5. The van der Waals surface area contributed by atoms with Gasteiger partial charge in [0.1, 0.15) is 6.07 Å². The van der Waals surface area contributed by atoms with Gasteiger partial charge in [0.15, 0.2) is 0 Å². The number of rotatable bonds is 1. The Labute approximate surface area is 101 Å². The van der Waals surface area contributed by atoms with Crippen LogP contribution < -0.4 is 10.2 Å². The molecule has 1 aromatic carbocycles. The number of benzene rings is 1. The van der Waals surface area contributed by atoms with Gasteiger partial charge in [-0.15, -0.1) is 0 Å². The maximum absolute atomic E-state index is 9.09. The highest BCUT2D eigenvalue weighted by Gasteiger charge is 2.20. The Morgan fingerprint density at radius 1 is 1.56 bits per heavy atom. The molecule has 0 amide bonds. The first-order valence-corrected chi connectivity index (χ1v) is 5.77. The van der Waals surface area contributed by atoms with E-state index in [9.17, 15) is 0 Å². The van der Waals surface area contributed by atoms with E-state index in [4.69, 9.17) is 16.9 Å². The molecule has 84 valence electrons. The van der Waals surface area contributed by atoms with E-state index in [2.05, 4.69) is 23.2 Å². The zero-order valence-electron chi connectivity index (χ0n) is 9.20. The van der Waals surface area contributed by atoms with Gasteiger partial charge in [-0.3, -0.25) is 0 Å². The molecular formula is C12H14ClN3. The summed E-state index contributed by atoms with van der Waals surface area (Å²) in [6.07, 6.45) is 0. The van der Waals surface area contributed by atoms with Crippen LogP contribution in [0.1, 0.15) is 12.5 Å². The van der Waals surface area contributed by atoms with Gasteiger partial charge in [0.2, 0.25) is 0 Å². The Balaban J connectivity index is 2.38. The van der Waals surface area contributed by atoms with E-state index in [-0.39, 0.29) is 0 Å². The molecular weight excluding hydrogens is 222 g/mol. The van der Waals surface area contributed by atoms with E-state index in [1.165, 1.54) is 0 Å². The molecule has 1 saturated heterocycles. The molecule has 4 heteroatoms. The lowest BCUT2D eigenvalue weighted by atomic mass is 10.1. The summed E-state index contributed by atoms with van der Waals surface area (Å²) in [5, 5.41) is 13.1. The van der Waals surface area contributed by atoms with Crippen LogP contribution in [0.4, 0.5) is 5.69 Å². The molecule has 1 fully saturated rings. The summed E-state index contributed by atoms with van der Waals surface area (Å²) in [5.41, 5.74) is 1.64. The molecule has 0 aromatic heterocycles. The second-order valence-electron chi connectivity index (χ2n) is 4.02. The summed E-state index contributed by atoms with van der Waals surface area (Å²) in [5.74, 6) is 0. The minimum absolute atomic E-state index is 0.388. The van der Waals surface area contributed by atoms with Crippen molar-refractivity contribution < 1.29 is 0 Å². The molecule has 1 aromatic rings. The normalized spacial score (nSPS) is 20.6. The van der Waals surface area contributed by atoms with Gasteiger partial charge in [0.05, 0.1) is 11.3 Å². The smallest absolute Gasteiger partial charge is 0.101 e. The van der Waals surface area contributed by atoms with Crippen molar-refractivity contribution in [2.24, 2.45) is 0 Å². The van der Waals surface area contributed by atoms with Crippen molar-refractivity contribution in [2.45, 2.75) is 13.0 Å². The van der Waals surface area contributed by atoms with Gasteiger partial charge in [-0.1, -0.05) is 11.6 Å². The topological polar surface area (TPSA) is 39.1 Å². The second kappa shape index (κ2) is 4.73. The number of hydrogen-bond acceptors (Lipinski definition) is 3. The van der Waals surface area contributed by atoms with Crippen LogP contribution in [0, 0.1) is 11.3 Å². The fourth-order valence-corrected chi connectivity index (χ4v) is 2.20. The number of hydrogen-bond donors (Lipinski definition) is 1. The van der Waals surface area contributed by atoms with E-state index < -0.39 is 0 Å². The lowest BCUT2D eigenvalue weighted by Gasteiger charge is -2.36. The summed E-state index contributed by atoms with van der Waals surface area (Å²) < 4.78 is 0. The number of nitriles is 1. The number of nitrogens with one attached hydrogen (secondary N) is 1. The molecule has 0 saturated carbocycles. The molecule has 3 nitrogen and oxygen atoms in total. The van der Waals surface area contributed by atoms with Crippen LogP contribution in [0.2, 0.25) is 5.02 Å². The van der Waals surface area contributed by atoms with Crippen LogP contribution in [0.3, 0.4) is 0 Å². The average molecular weight is 236 g/mol. The summed E-state index contributed by atoms with van der Waals surface area (Å²) >= 11 is 5.99. The van der Waals surface area contributed by atoms with Crippen molar-refractivity contribution in [3.63, 3.8) is 0 Å². The fraction of sp³-hybridized carbons (Fsp3) is 0.417. The first-order chi connectivity index (χ1) is 7.72. The first kappa shape index (κ1) is 11.3. The summed E-state index contributed by atoms with van der Waals surface area (Å²) in [6.45, 7) is 4.95. The number of halogens is 1. The van der Waals surface area contributed by atoms with Gasteiger partial charge in [-0.25, -0.2) is 0 Å². The SMILES string of the molecule is CC1CNCCN1c1cc(Cl)ccc1C#N. The molecule has 0 bridgehead atoms. The van der Waals surface area contributed by atoms with Gasteiger partial charge in [-0.05, 0) is 25.1 Å². The van der Waals surface area contributed by atoms with Crippen molar-refractivity contribution in [3.8, 4) is 6.07 Å². The monoisotopic (exact) mass is 235 g/mol. The third kappa shape index (κ3) is 2.13. The summed E-state index contributed by atoms with van der Waals surface area (Å²) in [4.78, 5) is 2.24. The Bertz CT molecular complexity index is 425. The highest BCUT2D eigenvalue weighted by atomic mass is 35.5. The van der Waals surface area contributed by atoms with Gasteiger partial charge < -0.3 is 10.2 Å². The van der Waals surface area contributed by atoms with Crippen LogP contribution in [-0.2, 0) is 0 Å². The quantitative estimate of drug-likeness (QED) is 0.810. The molecule has 0 aliphatic carbocycles. The van der Waals surface area contributed by atoms with Crippen molar-refractivity contribution in [1.82, 2.24) is 5.32 Å². The molecule has 2 rings (SSSR count). The predicted octanol–water partition coefficient (Wildman–Crippen LogP) is 2.01. The molecule has 1 unspecified atom stereocenters. The predicted molar refractivity (Wildman–Crippen MR) is 65.8 cm³/mol. The van der Waals surface area contributed by atoms with E-state index in [1.807, 2.05) is 6.07 Å². The standard InChI is InChI=1S/C12H14ClN3/c1-9-8-15-4-5-16(9)12-6-11(13)3-2-10(12)7-14/h2-3,6,9,15H,4-5,8H2,1H3. The van der Waals surface area contributed by atoms with Gasteiger partial charge >= 0.3 is 0 Å². The Morgan fingerprint density at radius 2 is 2.38 bits per heavy atom. The van der Waals surface area contributed by atoms with Crippen molar-refractivity contribution in [2.75, 3.05) is 24.5 Å². The largest absolute Gasteiger partial charge is 0.365 e. The highest BCUT2D eigenvalue weighted by Crippen LogP contribution is 2.26. The molecule has 0 spiro atoms. The van der Waals surface area contributed by atoms with Crippen LogP contribution in [0.25, 0.3) is 0 Å². The van der Waals surface area contributed by atoms with Gasteiger partial charge in [-0.2, -0.15) is 5.26 Å². The summed E-state index contributed by atoms with van der Waals surface area (Å²) in [6, 6.07) is 8.03. The molecule has 16 heavy (non-hydrogen) atoms. The number of nitrogens with zero attached hydrogens (tertiary/aromatic N) is 2. The summed E-state index contributed by atoms with van der Waals surface area (Å²) in [7, 11) is 0. The second-order valence-corrected chi connectivity index (χ2v) is 4.46. The Morgan fingerprint density at radius 3 is 3.06 bits per heavy atom. The molecule has 1 heterocycles. The first-order valence-electron chi connectivity index (χ1n) is 5.39. The average Bonchev–Trinajstić information content (AvgIpc) is 2.29. The zero-order valence-corrected chi connectivity index (χ0v) is 9.96. The lowest BCUT2D eigenvalue weighted by Crippen LogP contribution is -2.50. The van der Waals surface area contributed by atoms with Crippen LogP contribution in [-0.4, -0.2) is 25.7 Å². The van der Waals surface area contributed by atoms with Crippen LogP contribution in [0.15, 0.2) is 18.2 Å². The highest BCUT2D eigenvalue weighted by molar-refractivity contribution is 6.30. The van der Waals surface area contributed by atoms with E-state index in [0.717, 1.165) is 25.3 Å².